The predicted octanol–water partition coefficient (Wildman–Crippen LogP) is 0.315. The summed E-state index contributed by atoms with van der Waals surface area (Å²) in [5.74, 6) is -0.481. The van der Waals surface area contributed by atoms with Gasteiger partial charge in [-0.2, -0.15) is 0 Å². The quantitative estimate of drug-likeness (QED) is 0.370. The van der Waals surface area contributed by atoms with E-state index in [9.17, 15) is 30.7 Å². The van der Waals surface area contributed by atoms with E-state index in [0.29, 0.717) is 0 Å². The second-order valence-electron chi connectivity index (χ2n) is 5.74. The molecule has 0 aliphatic rings. The van der Waals surface area contributed by atoms with Crippen LogP contribution in [0, 0.1) is 0 Å². The molecule has 0 unspecified atom stereocenters. The Morgan fingerprint density at radius 3 is 1.00 bits per heavy atom. The predicted molar refractivity (Wildman–Crippen MR) is 78.3 cm³/mol. The molecular weight excluding hydrogens is 388 g/mol. The Morgan fingerprint density at radius 1 is 0.909 bits per heavy atom. The summed E-state index contributed by atoms with van der Waals surface area (Å²) >= 11 is 0. The fraction of sp³-hybridized carbons (Fsp3) is 0.727. The van der Waals surface area contributed by atoms with Crippen molar-refractivity contribution in [1.82, 2.24) is 0 Å². The van der Waals surface area contributed by atoms with Crippen molar-refractivity contribution in [3.05, 3.63) is 12.7 Å². The number of amides is 1. The van der Waals surface area contributed by atoms with Crippen molar-refractivity contribution in [3.63, 3.8) is 0 Å². The molecule has 0 saturated carbocycles. The Balaban J connectivity index is -0.000000111. The van der Waals surface area contributed by atoms with Gasteiger partial charge in [0.15, 0.2) is 0 Å². The van der Waals surface area contributed by atoms with Gasteiger partial charge in [-0.15, -0.1) is 0 Å². The van der Waals surface area contributed by atoms with Gasteiger partial charge in [-0.05, 0) is 47.6 Å². The summed E-state index contributed by atoms with van der Waals surface area (Å²) in [4.78, 5) is 9.47. The molecule has 0 aromatic heterocycles. The van der Waals surface area contributed by atoms with E-state index in [1.807, 2.05) is 0 Å². The van der Waals surface area contributed by atoms with Gasteiger partial charge in [-0.3, -0.25) is 4.79 Å². The second-order valence-corrected chi connectivity index (χ2v) is 10.0. The van der Waals surface area contributed by atoms with Gasteiger partial charge in [0.05, 0.1) is 29.7 Å². The van der Waals surface area contributed by atoms with Crippen molar-refractivity contribution < 1.29 is 50.2 Å². The zero-order chi connectivity index (χ0) is 18.3. The molecule has 0 rings (SSSR count). The largest absolute Gasteiger partial charge is 2.00 e. The fourth-order valence-corrected chi connectivity index (χ4v) is 0. The molecule has 1 amide bonds. The van der Waals surface area contributed by atoms with Crippen molar-refractivity contribution in [2.45, 2.75) is 51.0 Å². The summed E-state index contributed by atoms with van der Waals surface area (Å²) in [5.41, 5.74) is 4.53. The van der Waals surface area contributed by atoms with E-state index >= 15 is 0 Å². The number of carbonyl (C=O) groups excluding carboxylic acids is 1. The van der Waals surface area contributed by atoms with E-state index < -0.39 is 35.6 Å². The average molecular weight is 411 g/mol. The molecule has 0 saturated heterocycles. The summed E-state index contributed by atoms with van der Waals surface area (Å²) in [7, 11) is -8.18. The van der Waals surface area contributed by atoms with Gasteiger partial charge in [-0.1, -0.05) is 6.58 Å². The number of rotatable bonds is 1. The smallest absolute Gasteiger partial charge is 0.748 e. The van der Waals surface area contributed by atoms with Crippen LogP contribution in [0.1, 0.15) is 41.5 Å². The molecule has 22 heavy (non-hydrogen) atoms. The number of carbonyl (C=O) groups is 1. The molecule has 0 spiro atoms. The van der Waals surface area contributed by atoms with Crippen molar-refractivity contribution in [2.75, 3.05) is 0 Å². The number of hydrogen-bond acceptors (Lipinski definition) is 7. The number of hydrogen-bond donors (Lipinski definition) is 1. The molecular formula is C11H23NO7S2Zn. The van der Waals surface area contributed by atoms with E-state index in [2.05, 4.69) is 12.3 Å². The molecule has 0 aliphatic carbocycles. The van der Waals surface area contributed by atoms with Crippen LogP contribution in [0.25, 0.3) is 0 Å². The third-order valence-electron chi connectivity index (χ3n) is 1.70. The monoisotopic (exact) mass is 409 g/mol. The van der Waals surface area contributed by atoms with Crippen LogP contribution in [0.3, 0.4) is 0 Å². The van der Waals surface area contributed by atoms with Gasteiger partial charge in [0, 0.05) is 0 Å². The first kappa shape index (κ1) is 29.6. The minimum Gasteiger partial charge on any atom is -0.748 e. The number of nitrogens with two attached hydrogens (primary N) is 1. The van der Waals surface area contributed by atoms with E-state index in [1.54, 1.807) is 0 Å². The first-order valence-electron chi connectivity index (χ1n) is 5.60. The summed E-state index contributed by atoms with van der Waals surface area (Å²) in [6.07, 6.45) is 1.06. The molecule has 8 nitrogen and oxygen atoms in total. The maximum atomic E-state index is 10.1. The van der Waals surface area contributed by atoms with Gasteiger partial charge in [-0.25, -0.2) is 16.8 Å². The standard InChI is InChI=1S/2C4H10O3S.C3H5NO.Zn/c2*1-4(2,3)8(5,6)7;1-2-3(4)5;/h2*1-3H3,(H,5,6,7);2H,1H2,(H2,4,5);/q;;;+2/p-2. The van der Waals surface area contributed by atoms with E-state index in [-0.39, 0.29) is 19.5 Å². The Morgan fingerprint density at radius 2 is 1.00 bits per heavy atom. The molecule has 0 fully saturated rings. The first-order chi connectivity index (χ1) is 8.77. The van der Waals surface area contributed by atoms with Crippen LogP contribution >= 0.6 is 0 Å². The Labute approximate surface area is 145 Å². The minimum absolute atomic E-state index is 0. The third-order valence-corrected chi connectivity index (χ3v) is 4.70. The van der Waals surface area contributed by atoms with Crippen LogP contribution in [-0.2, 0) is 44.5 Å². The summed E-state index contributed by atoms with van der Waals surface area (Å²) < 4.78 is 58.3. The first-order valence-corrected chi connectivity index (χ1v) is 8.41. The molecule has 0 heterocycles. The molecule has 2 N–H and O–H groups in total. The maximum Gasteiger partial charge on any atom is 2.00 e. The molecule has 0 atom stereocenters. The van der Waals surface area contributed by atoms with Gasteiger partial charge in [0.2, 0.25) is 5.91 Å². The Bertz CT molecular complexity index is 498. The molecule has 0 aromatic carbocycles. The van der Waals surface area contributed by atoms with Gasteiger partial charge >= 0.3 is 19.5 Å². The SMILES string of the molecule is C=CC(N)=O.CC(C)(C)S(=O)(=O)[O-].CC(C)(C)S(=O)(=O)[O-].[Zn+2]. The Hall–Kier alpha value is -0.347. The maximum absolute atomic E-state index is 10.1. The molecule has 0 aliphatic heterocycles. The van der Waals surface area contributed by atoms with Crippen molar-refractivity contribution in [2.24, 2.45) is 5.73 Å². The average Bonchev–Trinajstić information content (AvgIpc) is 2.12. The fourth-order valence-electron chi connectivity index (χ4n) is 0. The van der Waals surface area contributed by atoms with Crippen molar-refractivity contribution >= 4 is 26.1 Å². The minimum atomic E-state index is -4.09. The number of primary amides is 1. The van der Waals surface area contributed by atoms with Crippen LogP contribution in [0.15, 0.2) is 12.7 Å². The molecule has 11 heteroatoms. The van der Waals surface area contributed by atoms with Crippen molar-refractivity contribution in [1.29, 1.82) is 0 Å². The summed E-state index contributed by atoms with van der Waals surface area (Å²) in [6.45, 7) is 11.3. The summed E-state index contributed by atoms with van der Waals surface area (Å²) in [6, 6.07) is 0. The molecule has 128 valence electrons. The molecule has 0 bridgehead atoms. The van der Waals surface area contributed by atoms with Gasteiger partial charge < -0.3 is 14.8 Å². The van der Waals surface area contributed by atoms with Gasteiger partial charge in [0.25, 0.3) is 0 Å². The molecule has 0 radical (unpaired) electrons. The topological polar surface area (TPSA) is 157 Å². The van der Waals surface area contributed by atoms with Crippen LogP contribution in [-0.4, -0.2) is 41.3 Å². The second kappa shape index (κ2) is 10.4. The molecule has 0 aromatic rings. The Kier molecular flexibility index (Phi) is 14.1. The van der Waals surface area contributed by atoms with Crippen molar-refractivity contribution in [3.8, 4) is 0 Å². The van der Waals surface area contributed by atoms with E-state index in [4.69, 9.17) is 0 Å². The van der Waals surface area contributed by atoms with Crippen LogP contribution in [0.5, 0.6) is 0 Å². The van der Waals surface area contributed by atoms with E-state index in [1.165, 1.54) is 41.5 Å². The van der Waals surface area contributed by atoms with Crippen LogP contribution in [0.4, 0.5) is 0 Å². The van der Waals surface area contributed by atoms with Gasteiger partial charge in [0.1, 0.15) is 0 Å². The third kappa shape index (κ3) is 17.7. The zero-order valence-electron chi connectivity index (χ0n) is 13.7. The zero-order valence-corrected chi connectivity index (χ0v) is 18.3. The summed E-state index contributed by atoms with van der Waals surface area (Å²) in [5, 5.41) is 0. The van der Waals surface area contributed by atoms with Crippen LogP contribution in [0.2, 0.25) is 0 Å². The normalized spacial score (nSPS) is 11.6. The van der Waals surface area contributed by atoms with E-state index in [0.717, 1.165) is 6.08 Å². The van der Waals surface area contributed by atoms with Crippen LogP contribution < -0.4 is 5.73 Å².